The van der Waals surface area contributed by atoms with Crippen molar-refractivity contribution in [3.8, 4) is 11.5 Å². The largest absolute Gasteiger partial charge is 0.486 e. The maximum absolute atomic E-state index is 12.4. The van der Waals surface area contributed by atoms with Gasteiger partial charge in [-0.1, -0.05) is 18.9 Å². The molecule has 1 aromatic rings. The second kappa shape index (κ2) is 6.71. The van der Waals surface area contributed by atoms with Gasteiger partial charge in [0.1, 0.15) is 13.2 Å². The van der Waals surface area contributed by atoms with Crippen molar-refractivity contribution >= 4 is 11.9 Å². The third-order valence-electron chi connectivity index (χ3n) is 4.90. The minimum atomic E-state index is -0.836. The first kappa shape index (κ1) is 16.6. The van der Waals surface area contributed by atoms with Gasteiger partial charge in [0.05, 0.1) is 17.9 Å². The summed E-state index contributed by atoms with van der Waals surface area (Å²) < 4.78 is 11.0. The molecular weight excluding hydrogens is 310 g/mol. The fourth-order valence-corrected chi connectivity index (χ4v) is 3.62. The van der Waals surface area contributed by atoms with Crippen LogP contribution in [0.4, 0.5) is 0 Å². The first-order chi connectivity index (χ1) is 11.5. The second-order valence-electron chi connectivity index (χ2n) is 6.76. The number of nitrogens with one attached hydrogen (secondary N) is 1. The molecule has 1 heterocycles. The molecule has 24 heavy (non-hydrogen) atoms. The highest BCUT2D eigenvalue weighted by atomic mass is 16.6. The average Bonchev–Trinajstić information content (AvgIpc) is 2.54. The van der Waals surface area contributed by atoms with Gasteiger partial charge in [0.2, 0.25) is 5.91 Å². The lowest BCUT2D eigenvalue weighted by atomic mass is 9.74. The zero-order chi connectivity index (χ0) is 17.2. The van der Waals surface area contributed by atoms with E-state index in [1.54, 1.807) is 6.07 Å². The van der Waals surface area contributed by atoms with Crippen LogP contribution in [0.25, 0.3) is 0 Å². The van der Waals surface area contributed by atoms with Crippen LogP contribution in [0.5, 0.6) is 11.5 Å². The highest BCUT2D eigenvalue weighted by Gasteiger charge is 2.42. The Morgan fingerprint density at radius 3 is 2.75 bits per heavy atom. The van der Waals surface area contributed by atoms with Gasteiger partial charge in [0, 0.05) is 0 Å². The van der Waals surface area contributed by atoms with Crippen molar-refractivity contribution in [2.24, 2.45) is 5.92 Å². The zero-order valence-electron chi connectivity index (χ0n) is 13.8. The number of aliphatic carboxylic acids is 1. The number of benzene rings is 1. The minimum Gasteiger partial charge on any atom is -0.486 e. The Balaban J connectivity index is 1.67. The van der Waals surface area contributed by atoms with E-state index in [4.69, 9.17) is 9.47 Å². The highest BCUT2D eigenvalue weighted by molar-refractivity contribution is 5.81. The Bertz CT molecular complexity index is 644. The lowest BCUT2D eigenvalue weighted by Gasteiger charge is -2.39. The minimum absolute atomic E-state index is 0.165. The fourth-order valence-electron chi connectivity index (χ4n) is 3.62. The van der Waals surface area contributed by atoms with Gasteiger partial charge in [-0.05, 0) is 37.5 Å². The van der Waals surface area contributed by atoms with Gasteiger partial charge in [-0.3, -0.25) is 9.59 Å². The number of carboxylic acid groups (broad SMARTS) is 1. The second-order valence-corrected chi connectivity index (χ2v) is 6.76. The van der Waals surface area contributed by atoms with Crippen molar-refractivity contribution in [2.45, 2.75) is 44.6 Å². The van der Waals surface area contributed by atoms with Gasteiger partial charge in [0.25, 0.3) is 0 Å². The van der Waals surface area contributed by atoms with Crippen LogP contribution in [0.2, 0.25) is 0 Å². The third-order valence-corrected chi connectivity index (χ3v) is 4.90. The molecule has 3 rings (SSSR count). The lowest BCUT2D eigenvalue weighted by Crippen LogP contribution is -2.55. The molecule has 1 fully saturated rings. The average molecular weight is 333 g/mol. The van der Waals surface area contributed by atoms with Crippen molar-refractivity contribution in [1.82, 2.24) is 5.32 Å². The topological polar surface area (TPSA) is 84.9 Å². The molecule has 2 atom stereocenters. The van der Waals surface area contributed by atoms with Gasteiger partial charge in [-0.2, -0.15) is 0 Å². The number of hydrogen-bond donors (Lipinski definition) is 2. The summed E-state index contributed by atoms with van der Waals surface area (Å²) in [5, 5.41) is 12.4. The predicted molar refractivity (Wildman–Crippen MR) is 87.3 cm³/mol. The number of carboxylic acids is 1. The number of amides is 1. The highest BCUT2D eigenvalue weighted by Crippen LogP contribution is 2.34. The standard InChI is InChI=1S/C18H23NO5/c1-18(7-3-2-4-13(18)17(21)22)19-16(20)11-12-5-6-14-15(10-12)24-9-8-23-14/h5-6,10,13H,2-4,7-9,11H2,1H3,(H,19,20)(H,21,22). The summed E-state index contributed by atoms with van der Waals surface area (Å²) in [6.07, 6.45) is 3.32. The van der Waals surface area contributed by atoms with E-state index in [0.29, 0.717) is 37.6 Å². The fraction of sp³-hybridized carbons (Fsp3) is 0.556. The molecule has 6 heteroatoms. The predicted octanol–water partition coefficient (Wildman–Crippen LogP) is 2.15. The molecule has 2 N–H and O–H groups in total. The van der Waals surface area contributed by atoms with E-state index < -0.39 is 17.4 Å². The molecule has 0 spiro atoms. The SMILES string of the molecule is CC1(NC(=O)Cc2ccc3c(c2)OCCO3)CCCCC1C(=O)O. The molecule has 1 amide bonds. The normalized spacial score (nSPS) is 25.8. The summed E-state index contributed by atoms with van der Waals surface area (Å²) in [6, 6.07) is 5.45. The Hall–Kier alpha value is -2.24. The van der Waals surface area contributed by atoms with Crippen LogP contribution in [0.3, 0.4) is 0 Å². The summed E-state index contributed by atoms with van der Waals surface area (Å²) in [5.74, 6) is -0.191. The molecule has 2 unspecified atom stereocenters. The van der Waals surface area contributed by atoms with E-state index in [1.807, 2.05) is 19.1 Å². The van der Waals surface area contributed by atoms with Crippen LogP contribution in [0.1, 0.15) is 38.2 Å². The van der Waals surface area contributed by atoms with Crippen molar-refractivity contribution < 1.29 is 24.2 Å². The van der Waals surface area contributed by atoms with Crippen LogP contribution in [-0.4, -0.2) is 35.7 Å². The number of rotatable bonds is 4. The smallest absolute Gasteiger partial charge is 0.308 e. The maximum atomic E-state index is 12.4. The monoisotopic (exact) mass is 333 g/mol. The summed E-state index contributed by atoms with van der Waals surface area (Å²) >= 11 is 0. The summed E-state index contributed by atoms with van der Waals surface area (Å²) in [7, 11) is 0. The van der Waals surface area contributed by atoms with E-state index in [1.165, 1.54) is 0 Å². The quantitative estimate of drug-likeness (QED) is 0.882. The Morgan fingerprint density at radius 2 is 2.00 bits per heavy atom. The molecule has 6 nitrogen and oxygen atoms in total. The van der Waals surface area contributed by atoms with Crippen molar-refractivity contribution in [1.29, 1.82) is 0 Å². The van der Waals surface area contributed by atoms with Crippen molar-refractivity contribution in [3.63, 3.8) is 0 Å². The van der Waals surface area contributed by atoms with Gasteiger partial charge in [-0.25, -0.2) is 0 Å². The zero-order valence-corrected chi connectivity index (χ0v) is 13.8. The van der Waals surface area contributed by atoms with E-state index in [9.17, 15) is 14.7 Å². The van der Waals surface area contributed by atoms with E-state index in [0.717, 1.165) is 18.4 Å². The molecule has 130 valence electrons. The summed E-state index contributed by atoms with van der Waals surface area (Å²) in [6.45, 7) is 2.87. The van der Waals surface area contributed by atoms with Crippen molar-refractivity contribution in [3.05, 3.63) is 23.8 Å². The Morgan fingerprint density at radius 1 is 1.25 bits per heavy atom. The van der Waals surface area contributed by atoms with Gasteiger partial charge >= 0.3 is 5.97 Å². The molecule has 1 aliphatic carbocycles. The number of carbonyl (C=O) groups is 2. The Labute approximate surface area is 141 Å². The van der Waals surface area contributed by atoms with Gasteiger partial charge in [-0.15, -0.1) is 0 Å². The number of hydrogen-bond acceptors (Lipinski definition) is 4. The first-order valence-corrected chi connectivity index (χ1v) is 8.40. The first-order valence-electron chi connectivity index (χ1n) is 8.40. The van der Waals surface area contributed by atoms with Crippen molar-refractivity contribution in [2.75, 3.05) is 13.2 Å². The van der Waals surface area contributed by atoms with Crippen LogP contribution < -0.4 is 14.8 Å². The molecule has 0 bridgehead atoms. The van der Waals surface area contributed by atoms with E-state index >= 15 is 0 Å². The molecular formula is C18H23NO5. The Kier molecular flexibility index (Phi) is 4.64. The number of ether oxygens (including phenoxy) is 2. The molecule has 0 saturated heterocycles. The van der Waals surface area contributed by atoms with E-state index in [2.05, 4.69) is 5.32 Å². The third kappa shape index (κ3) is 3.47. The molecule has 1 saturated carbocycles. The number of carbonyl (C=O) groups excluding carboxylic acids is 1. The maximum Gasteiger partial charge on any atom is 0.308 e. The van der Waals surface area contributed by atoms with E-state index in [-0.39, 0.29) is 12.3 Å². The summed E-state index contributed by atoms with van der Waals surface area (Å²) in [5.41, 5.74) is 0.137. The van der Waals surface area contributed by atoms with Crippen LogP contribution >= 0.6 is 0 Å². The van der Waals surface area contributed by atoms with Crippen LogP contribution in [0.15, 0.2) is 18.2 Å². The van der Waals surface area contributed by atoms with Gasteiger partial charge in [0.15, 0.2) is 11.5 Å². The van der Waals surface area contributed by atoms with Crippen LogP contribution in [-0.2, 0) is 16.0 Å². The van der Waals surface area contributed by atoms with Gasteiger partial charge < -0.3 is 19.9 Å². The molecule has 0 aromatic heterocycles. The molecule has 0 radical (unpaired) electrons. The molecule has 1 aromatic carbocycles. The molecule has 2 aliphatic rings. The number of fused-ring (bicyclic) bond motifs is 1. The van der Waals surface area contributed by atoms with Crippen LogP contribution in [0, 0.1) is 5.92 Å². The molecule has 1 aliphatic heterocycles. The lowest BCUT2D eigenvalue weighted by molar-refractivity contribution is -0.146. The summed E-state index contributed by atoms with van der Waals surface area (Å²) in [4.78, 5) is 23.9.